The SMILES string of the molecule is CC1(COC(=O)CCC=O)Nc2cccc3c(N)ccc(c23)N1. The Morgan fingerprint density at radius 2 is 2.00 bits per heavy atom. The lowest BCUT2D eigenvalue weighted by molar-refractivity contribution is -0.145. The minimum absolute atomic E-state index is 0.0995. The number of carbonyl (C=O) groups is 2. The van der Waals surface area contributed by atoms with Crippen LogP contribution in [0.2, 0.25) is 0 Å². The highest BCUT2D eigenvalue weighted by atomic mass is 16.5. The molecule has 6 heteroatoms. The Morgan fingerprint density at radius 1 is 1.26 bits per heavy atom. The van der Waals surface area contributed by atoms with Crippen molar-refractivity contribution in [2.45, 2.75) is 25.4 Å². The molecule has 0 spiro atoms. The van der Waals surface area contributed by atoms with E-state index in [1.54, 1.807) is 0 Å². The van der Waals surface area contributed by atoms with Crippen LogP contribution in [0, 0.1) is 0 Å². The zero-order valence-corrected chi connectivity index (χ0v) is 12.9. The topological polar surface area (TPSA) is 93.5 Å². The maximum absolute atomic E-state index is 11.6. The normalized spacial score (nSPS) is 18.8. The minimum atomic E-state index is -0.631. The second kappa shape index (κ2) is 5.79. The lowest BCUT2D eigenvalue weighted by Crippen LogP contribution is -2.49. The predicted octanol–water partition coefficient (Wildman–Crippen LogP) is 2.50. The zero-order chi connectivity index (χ0) is 16.4. The lowest BCUT2D eigenvalue weighted by Gasteiger charge is -2.38. The summed E-state index contributed by atoms with van der Waals surface area (Å²) in [6.07, 6.45) is 0.988. The third-order valence-corrected chi connectivity index (χ3v) is 3.88. The van der Waals surface area contributed by atoms with E-state index in [2.05, 4.69) is 10.6 Å². The monoisotopic (exact) mass is 313 g/mol. The van der Waals surface area contributed by atoms with Crippen molar-refractivity contribution in [3.63, 3.8) is 0 Å². The molecule has 1 heterocycles. The summed E-state index contributed by atoms with van der Waals surface area (Å²) in [5.74, 6) is -0.386. The third kappa shape index (κ3) is 2.92. The predicted molar refractivity (Wildman–Crippen MR) is 90.3 cm³/mol. The van der Waals surface area contributed by atoms with Gasteiger partial charge in [-0.2, -0.15) is 0 Å². The summed E-state index contributed by atoms with van der Waals surface area (Å²) in [5, 5.41) is 8.73. The molecule has 23 heavy (non-hydrogen) atoms. The second-order valence-electron chi connectivity index (χ2n) is 5.88. The molecular weight excluding hydrogens is 294 g/mol. The molecule has 0 aliphatic carbocycles. The Morgan fingerprint density at radius 3 is 2.74 bits per heavy atom. The number of nitrogens with two attached hydrogens (primary N) is 1. The van der Waals surface area contributed by atoms with E-state index in [1.807, 2.05) is 37.3 Å². The summed E-state index contributed by atoms with van der Waals surface area (Å²) in [7, 11) is 0. The van der Waals surface area contributed by atoms with Gasteiger partial charge in [-0.25, -0.2) is 0 Å². The summed E-state index contributed by atoms with van der Waals surface area (Å²) in [6, 6.07) is 9.67. The lowest BCUT2D eigenvalue weighted by atomic mass is 9.99. The Labute approximate surface area is 134 Å². The first-order valence-corrected chi connectivity index (χ1v) is 7.49. The van der Waals surface area contributed by atoms with Gasteiger partial charge in [0.1, 0.15) is 18.6 Å². The number of rotatable bonds is 5. The van der Waals surface area contributed by atoms with Crippen LogP contribution < -0.4 is 16.4 Å². The molecule has 2 aromatic rings. The fourth-order valence-corrected chi connectivity index (χ4v) is 2.81. The van der Waals surface area contributed by atoms with Gasteiger partial charge in [-0.15, -0.1) is 0 Å². The first-order valence-electron chi connectivity index (χ1n) is 7.49. The van der Waals surface area contributed by atoms with Gasteiger partial charge in [0.15, 0.2) is 0 Å². The highest BCUT2D eigenvalue weighted by molar-refractivity contribution is 6.09. The molecule has 0 aromatic heterocycles. The molecule has 0 fully saturated rings. The number of esters is 1. The van der Waals surface area contributed by atoms with Crippen LogP contribution in [-0.4, -0.2) is 24.5 Å². The fourth-order valence-electron chi connectivity index (χ4n) is 2.81. The van der Waals surface area contributed by atoms with Gasteiger partial charge in [0.2, 0.25) is 0 Å². The molecule has 3 rings (SSSR count). The van der Waals surface area contributed by atoms with Gasteiger partial charge >= 0.3 is 5.97 Å². The molecular formula is C17H19N3O3. The van der Waals surface area contributed by atoms with E-state index in [0.29, 0.717) is 6.29 Å². The van der Waals surface area contributed by atoms with E-state index in [9.17, 15) is 9.59 Å². The molecule has 1 atom stereocenters. The quantitative estimate of drug-likeness (QED) is 0.446. The molecule has 0 amide bonds. The molecule has 1 unspecified atom stereocenters. The van der Waals surface area contributed by atoms with Crippen molar-refractivity contribution < 1.29 is 14.3 Å². The Hall–Kier alpha value is -2.76. The number of benzene rings is 2. The van der Waals surface area contributed by atoms with Gasteiger partial charge in [0.05, 0.1) is 6.42 Å². The Kier molecular flexibility index (Phi) is 3.82. The van der Waals surface area contributed by atoms with E-state index in [0.717, 1.165) is 27.8 Å². The number of nitrogen functional groups attached to an aromatic ring is 1. The van der Waals surface area contributed by atoms with Crippen molar-refractivity contribution in [3.8, 4) is 0 Å². The molecule has 120 valence electrons. The summed E-state index contributed by atoms with van der Waals surface area (Å²) < 4.78 is 5.27. The first kappa shape index (κ1) is 15.1. The summed E-state index contributed by atoms with van der Waals surface area (Å²) in [5.41, 5.74) is 8.00. The number of carbonyl (C=O) groups excluding carboxylic acids is 2. The van der Waals surface area contributed by atoms with Gasteiger partial charge in [0, 0.05) is 34.3 Å². The molecule has 0 bridgehead atoms. The minimum Gasteiger partial charge on any atom is -0.461 e. The zero-order valence-electron chi connectivity index (χ0n) is 12.9. The van der Waals surface area contributed by atoms with Crippen molar-refractivity contribution in [1.29, 1.82) is 0 Å². The molecule has 0 saturated heterocycles. The summed E-state index contributed by atoms with van der Waals surface area (Å²) in [4.78, 5) is 21.9. The second-order valence-corrected chi connectivity index (χ2v) is 5.88. The number of hydrogen-bond acceptors (Lipinski definition) is 6. The number of anilines is 3. The molecule has 2 aromatic carbocycles. The van der Waals surface area contributed by atoms with Gasteiger partial charge < -0.3 is 25.9 Å². The molecule has 0 saturated carbocycles. The van der Waals surface area contributed by atoms with Crippen molar-refractivity contribution in [1.82, 2.24) is 0 Å². The van der Waals surface area contributed by atoms with Crippen molar-refractivity contribution in [2.24, 2.45) is 0 Å². The molecule has 0 radical (unpaired) electrons. The fraction of sp³-hybridized carbons (Fsp3) is 0.294. The van der Waals surface area contributed by atoms with E-state index in [1.165, 1.54) is 0 Å². The standard InChI is InChI=1S/C17H19N3O3/c1-17(10-23-15(22)6-3-9-21)19-13-5-2-4-11-12(18)7-8-14(20-17)16(11)13/h2,4-5,7-9,19-20H,3,6,10,18H2,1H3. The molecule has 4 N–H and O–H groups in total. The van der Waals surface area contributed by atoms with Crippen LogP contribution in [0.1, 0.15) is 19.8 Å². The smallest absolute Gasteiger partial charge is 0.306 e. The number of nitrogens with one attached hydrogen (secondary N) is 2. The van der Waals surface area contributed by atoms with Crippen molar-refractivity contribution in [2.75, 3.05) is 23.0 Å². The Bertz CT molecular complexity index is 761. The van der Waals surface area contributed by atoms with E-state index < -0.39 is 5.66 Å². The summed E-state index contributed by atoms with van der Waals surface area (Å²) >= 11 is 0. The largest absolute Gasteiger partial charge is 0.461 e. The molecule has 1 aliphatic heterocycles. The first-order chi connectivity index (χ1) is 11.0. The van der Waals surface area contributed by atoms with E-state index >= 15 is 0 Å². The molecule has 1 aliphatic rings. The maximum atomic E-state index is 11.6. The highest BCUT2D eigenvalue weighted by Gasteiger charge is 2.31. The van der Waals surface area contributed by atoms with Gasteiger partial charge in [0.25, 0.3) is 0 Å². The third-order valence-electron chi connectivity index (χ3n) is 3.88. The van der Waals surface area contributed by atoms with Gasteiger partial charge in [-0.3, -0.25) is 4.79 Å². The van der Waals surface area contributed by atoms with E-state index in [-0.39, 0.29) is 25.4 Å². The maximum Gasteiger partial charge on any atom is 0.306 e. The van der Waals surface area contributed by atoms with Crippen molar-refractivity contribution >= 4 is 40.1 Å². The van der Waals surface area contributed by atoms with Gasteiger partial charge in [-0.1, -0.05) is 12.1 Å². The van der Waals surface area contributed by atoms with Crippen molar-refractivity contribution in [3.05, 3.63) is 30.3 Å². The van der Waals surface area contributed by atoms with Crippen LogP contribution in [0.5, 0.6) is 0 Å². The number of ether oxygens (including phenoxy) is 1. The van der Waals surface area contributed by atoms with E-state index in [4.69, 9.17) is 10.5 Å². The van der Waals surface area contributed by atoms with Gasteiger partial charge in [-0.05, 0) is 25.1 Å². The van der Waals surface area contributed by atoms with Crippen LogP contribution in [0.4, 0.5) is 17.1 Å². The highest BCUT2D eigenvalue weighted by Crippen LogP contribution is 2.39. The van der Waals surface area contributed by atoms with Crippen LogP contribution in [0.25, 0.3) is 10.8 Å². The van der Waals surface area contributed by atoms with Crippen LogP contribution in [0.15, 0.2) is 30.3 Å². The van der Waals surface area contributed by atoms with Crippen LogP contribution in [0.3, 0.4) is 0 Å². The summed E-state index contributed by atoms with van der Waals surface area (Å²) in [6.45, 7) is 2.06. The average molecular weight is 313 g/mol. The van der Waals surface area contributed by atoms with Crippen LogP contribution >= 0.6 is 0 Å². The number of hydrogen-bond donors (Lipinski definition) is 3. The number of aldehydes is 1. The average Bonchev–Trinajstić information content (AvgIpc) is 2.54. The van der Waals surface area contributed by atoms with Crippen LogP contribution in [-0.2, 0) is 14.3 Å². The molecule has 6 nitrogen and oxygen atoms in total. The Balaban J connectivity index is 1.82.